The molecule has 4 aromatic rings. The van der Waals surface area contributed by atoms with Crippen molar-refractivity contribution < 1.29 is 18.6 Å². The molecule has 0 saturated heterocycles. The van der Waals surface area contributed by atoms with Crippen molar-refractivity contribution in [2.75, 3.05) is 0 Å². The quantitative estimate of drug-likeness (QED) is 0.426. The summed E-state index contributed by atoms with van der Waals surface area (Å²) in [7, 11) is 0. The van der Waals surface area contributed by atoms with Crippen LogP contribution in [0.3, 0.4) is 0 Å². The van der Waals surface area contributed by atoms with Gasteiger partial charge in [0.1, 0.15) is 0 Å². The molecule has 3 aliphatic heterocycles. The number of ether oxygens (including phenoxy) is 2. The Morgan fingerprint density at radius 2 is 1.26 bits per heavy atom. The van der Waals surface area contributed by atoms with Crippen molar-refractivity contribution >= 4 is 23.8 Å². The van der Waals surface area contributed by atoms with E-state index < -0.39 is 6.03 Å². The fraction of sp³-hybridized carbons (Fsp3) is 0.0370. The van der Waals surface area contributed by atoms with Crippen molar-refractivity contribution in [1.82, 2.24) is 0 Å². The standard InChI is InChI=1S/C27H18N2O2/c1-3-9-22(10-4-1)28-17-20-15-14-19-16-25(20)30-27(28)29(23-11-5-2-6-12-23)18-21-8-7-13-24(19)26(21)31-27/h1-18H/q+2/t27-/m1/s1. The summed E-state index contributed by atoms with van der Waals surface area (Å²) in [5.74, 6) is 1.63. The molecule has 3 heterocycles. The van der Waals surface area contributed by atoms with Crippen LogP contribution in [0, 0.1) is 0 Å². The number of hydrogen-bond donors (Lipinski definition) is 0. The molecule has 3 aliphatic rings. The maximum Gasteiger partial charge on any atom is 0.714 e. The first kappa shape index (κ1) is 16.6. The zero-order valence-corrected chi connectivity index (χ0v) is 16.6. The van der Waals surface area contributed by atoms with Gasteiger partial charge in [0.25, 0.3) is 0 Å². The van der Waals surface area contributed by atoms with Gasteiger partial charge in [0, 0.05) is 29.8 Å². The van der Waals surface area contributed by atoms with Crippen LogP contribution in [0.25, 0.3) is 11.1 Å². The Hall–Kier alpha value is -4.18. The van der Waals surface area contributed by atoms with E-state index in [1.165, 1.54) is 0 Å². The van der Waals surface area contributed by atoms with Crippen molar-refractivity contribution in [3.63, 3.8) is 0 Å². The summed E-state index contributed by atoms with van der Waals surface area (Å²) in [6, 6.07) is 31.8. The molecule has 0 N–H and O–H groups in total. The zero-order valence-electron chi connectivity index (χ0n) is 16.6. The van der Waals surface area contributed by atoms with Crippen molar-refractivity contribution in [3.8, 4) is 22.6 Å². The SMILES string of the molecule is C1=[N+](c2ccccc2)[C@@]23Oc4cc(ccc41)-c1cccc(c1O2)C=[N+]3c1ccccc1. The highest BCUT2D eigenvalue weighted by molar-refractivity contribution is 5.90. The van der Waals surface area contributed by atoms with E-state index in [0.29, 0.717) is 0 Å². The number of benzene rings is 4. The number of hydrogen-bond acceptors (Lipinski definition) is 2. The van der Waals surface area contributed by atoms with Crippen LogP contribution >= 0.6 is 0 Å². The van der Waals surface area contributed by atoms with Crippen LogP contribution < -0.4 is 9.47 Å². The highest BCUT2D eigenvalue weighted by atomic mass is 16.7. The van der Waals surface area contributed by atoms with E-state index >= 15 is 0 Å². The molecule has 0 saturated carbocycles. The summed E-state index contributed by atoms with van der Waals surface area (Å²) in [5, 5.41) is 0. The molecule has 0 unspecified atom stereocenters. The summed E-state index contributed by atoms with van der Waals surface area (Å²) in [6.07, 6.45) is 4.24. The topological polar surface area (TPSA) is 24.5 Å². The van der Waals surface area contributed by atoms with E-state index in [4.69, 9.17) is 9.47 Å². The van der Waals surface area contributed by atoms with E-state index in [1.54, 1.807) is 0 Å². The monoisotopic (exact) mass is 402 g/mol. The Morgan fingerprint density at radius 1 is 0.581 bits per heavy atom. The molecule has 31 heavy (non-hydrogen) atoms. The van der Waals surface area contributed by atoms with Crippen LogP contribution in [0.15, 0.2) is 97.1 Å². The van der Waals surface area contributed by atoms with E-state index in [2.05, 4.69) is 82.2 Å². The average molecular weight is 402 g/mol. The molecule has 146 valence electrons. The number of fused-ring (bicyclic) bond motifs is 2. The lowest BCUT2D eigenvalue weighted by Crippen LogP contribution is -2.62. The second-order valence-corrected chi connectivity index (χ2v) is 7.90. The lowest BCUT2D eigenvalue weighted by Gasteiger charge is -2.33. The maximum atomic E-state index is 6.86. The van der Waals surface area contributed by atoms with Gasteiger partial charge in [0.2, 0.25) is 11.4 Å². The molecule has 7 rings (SSSR count). The molecule has 4 nitrogen and oxygen atoms in total. The summed E-state index contributed by atoms with van der Waals surface area (Å²) in [5.41, 5.74) is 6.15. The van der Waals surface area contributed by atoms with Gasteiger partial charge in [-0.2, -0.15) is 0 Å². The average Bonchev–Trinajstić information content (AvgIpc) is 2.83. The van der Waals surface area contributed by atoms with E-state index in [-0.39, 0.29) is 0 Å². The van der Waals surface area contributed by atoms with Gasteiger partial charge in [0.15, 0.2) is 23.9 Å². The fourth-order valence-corrected chi connectivity index (χ4v) is 4.60. The lowest BCUT2D eigenvalue weighted by molar-refractivity contribution is -0.855. The molecule has 0 aliphatic carbocycles. The molecule has 0 fully saturated rings. The first-order valence-corrected chi connectivity index (χ1v) is 10.4. The lowest BCUT2D eigenvalue weighted by atomic mass is 9.98. The molecule has 1 spiro atoms. The zero-order chi connectivity index (χ0) is 20.4. The van der Waals surface area contributed by atoms with Gasteiger partial charge in [-0.15, -0.1) is 0 Å². The van der Waals surface area contributed by atoms with Crippen molar-refractivity contribution in [2.24, 2.45) is 0 Å². The molecule has 1 atom stereocenters. The second kappa shape index (κ2) is 5.92. The number of para-hydroxylation sites is 3. The van der Waals surface area contributed by atoms with Crippen molar-refractivity contribution in [2.45, 2.75) is 6.03 Å². The third kappa shape index (κ3) is 2.24. The molecule has 0 amide bonds. The summed E-state index contributed by atoms with van der Waals surface area (Å²) >= 11 is 0. The maximum absolute atomic E-state index is 6.86. The summed E-state index contributed by atoms with van der Waals surface area (Å²) < 4.78 is 17.8. The Bertz CT molecular complexity index is 1420. The molecule has 4 aromatic carbocycles. The molecule has 4 heteroatoms. The molecule has 0 radical (unpaired) electrons. The smallest absolute Gasteiger partial charge is 0.340 e. The Kier molecular flexibility index (Phi) is 3.17. The number of nitrogens with zero attached hydrogens (tertiary/aromatic N) is 2. The van der Waals surface area contributed by atoms with Crippen LogP contribution in [-0.4, -0.2) is 27.6 Å². The fourth-order valence-electron chi connectivity index (χ4n) is 4.60. The van der Waals surface area contributed by atoms with E-state index in [0.717, 1.165) is 45.1 Å². The van der Waals surface area contributed by atoms with Gasteiger partial charge >= 0.3 is 6.03 Å². The van der Waals surface area contributed by atoms with Crippen molar-refractivity contribution in [3.05, 3.63) is 108 Å². The molecular formula is C27H18N2O2+2. The van der Waals surface area contributed by atoms with Crippen LogP contribution in [0.4, 0.5) is 11.4 Å². The van der Waals surface area contributed by atoms with Gasteiger partial charge in [0.05, 0.1) is 11.1 Å². The summed E-state index contributed by atoms with van der Waals surface area (Å²) in [6.45, 7) is 0. The molecule has 0 aromatic heterocycles. The van der Waals surface area contributed by atoms with Crippen molar-refractivity contribution in [1.29, 1.82) is 0 Å². The van der Waals surface area contributed by atoms with E-state index in [9.17, 15) is 0 Å². The predicted molar refractivity (Wildman–Crippen MR) is 119 cm³/mol. The third-order valence-electron chi connectivity index (χ3n) is 6.06. The van der Waals surface area contributed by atoms with Gasteiger partial charge in [-0.25, -0.2) is 0 Å². The Balaban J connectivity index is 1.63. The minimum absolute atomic E-state index is 0.803. The largest absolute Gasteiger partial charge is 0.714 e. The normalized spacial score (nSPS) is 19.4. The Morgan fingerprint density at radius 3 is 1.97 bits per heavy atom. The first-order valence-electron chi connectivity index (χ1n) is 10.4. The van der Waals surface area contributed by atoms with Crippen LogP contribution in [0.2, 0.25) is 0 Å². The van der Waals surface area contributed by atoms with Crippen LogP contribution in [0.1, 0.15) is 11.1 Å². The van der Waals surface area contributed by atoms with Gasteiger partial charge in [-0.05, 0) is 23.8 Å². The molecular weight excluding hydrogens is 384 g/mol. The predicted octanol–water partition coefficient (Wildman–Crippen LogP) is 5.29. The van der Waals surface area contributed by atoms with Gasteiger partial charge < -0.3 is 9.47 Å². The first-order chi connectivity index (χ1) is 15.3. The van der Waals surface area contributed by atoms with Gasteiger partial charge in [-0.3, -0.25) is 0 Å². The van der Waals surface area contributed by atoms with Crippen LogP contribution in [0.5, 0.6) is 11.5 Å². The Labute approximate surface area is 179 Å². The minimum Gasteiger partial charge on any atom is -0.340 e. The summed E-state index contributed by atoms with van der Waals surface area (Å²) in [4.78, 5) is 0. The third-order valence-corrected chi connectivity index (χ3v) is 6.06. The minimum atomic E-state index is -1.22. The van der Waals surface area contributed by atoms with Gasteiger partial charge in [-0.1, -0.05) is 63.7 Å². The second-order valence-electron chi connectivity index (χ2n) is 7.90. The highest BCUT2D eigenvalue weighted by Crippen LogP contribution is 2.47. The van der Waals surface area contributed by atoms with E-state index in [1.807, 2.05) is 36.4 Å². The highest BCUT2D eigenvalue weighted by Gasteiger charge is 2.66. The van der Waals surface area contributed by atoms with Crippen LogP contribution in [-0.2, 0) is 0 Å². The number of rotatable bonds is 2. The molecule has 4 bridgehead atoms.